The summed E-state index contributed by atoms with van der Waals surface area (Å²) in [6, 6.07) is 8.67. The highest BCUT2D eigenvalue weighted by atomic mass is 35.5. The molecule has 0 N–H and O–H groups in total. The molecule has 0 amide bonds. The zero-order valence-corrected chi connectivity index (χ0v) is 10.2. The molecule has 0 saturated heterocycles. The highest BCUT2D eigenvalue weighted by molar-refractivity contribution is 6.57. The van der Waals surface area contributed by atoms with Gasteiger partial charge in [0.1, 0.15) is 0 Å². The Morgan fingerprint density at radius 2 is 1.77 bits per heavy atom. The minimum Gasteiger partial charge on any atom is -0.122 e. The molecule has 1 aromatic rings. The summed E-state index contributed by atoms with van der Waals surface area (Å²) in [5.41, 5.74) is 3.39. The van der Waals surface area contributed by atoms with Gasteiger partial charge in [0.25, 0.3) is 0 Å². The van der Waals surface area contributed by atoms with Gasteiger partial charge in [0.15, 0.2) is 0 Å². The summed E-state index contributed by atoms with van der Waals surface area (Å²) in [6.45, 7) is 7.01. The summed E-state index contributed by atoms with van der Waals surface area (Å²) in [5.74, 6) is 0.616. The van der Waals surface area contributed by atoms with E-state index in [1.54, 1.807) is 0 Å². The second kappa shape index (κ2) is 4.82. The third kappa shape index (κ3) is 2.85. The molecule has 0 spiro atoms. The summed E-state index contributed by atoms with van der Waals surface area (Å²) < 4.78 is 0. The zero-order chi connectivity index (χ0) is 9.84. The van der Waals surface area contributed by atoms with Crippen molar-refractivity contribution in [2.45, 2.75) is 31.4 Å². The molecular formula is C11H16ClSi. The van der Waals surface area contributed by atoms with E-state index in [2.05, 4.69) is 44.3 Å². The second-order valence-corrected chi connectivity index (χ2v) is 6.96. The van der Waals surface area contributed by atoms with Crippen LogP contribution >= 0.6 is 11.6 Å². The molecule has 0 nitrogen and oxygen atoms in total. The number of rotatable bonds is 3. The van der Waals surface area contributed by atoms with Crippen LogP contribution in [0, 0.1) is 0 Å². The van der Waals surface area contributed by atoms with Gasteiger partial charge in [-0.3, -0.25) is 0 Å². The van der Waals surface area contributed by atoms with Crippen LogP contribution in [0.2, 0.25) is 13.1 Å². The summed E-state index contributed by atoms with van der Waals surface area (Å²) in [5, 5.41) is 0. The van der Waals surface area contributed by atoms with Crippen LogP contribution < -0.4 is 0 Å². The van der Waals surface area contributed by atoms with Crippen molar-refractivity contribution in [3.8, 4) is 0 Å². The minimum atomic E-state index is -0.217. The van der Waals surface area contributed by atoms with E-state index in [0.717, 1.165) is 5.54 Å². The van der Waals surface area contributed by atoms with Crippen LogP contribution in [-0.2, 0) is 5.88 Å². The molecule has 1 unspecified atom stereocenters. The van der Waals surface area contributed by atoms with E-state index in [0.29, 0.717) is 5.88 Å². The van der Waals surface area contributed by atoms with E-state index < -0.39 is 0 Å². The molecule has 0 heterocycles. The smallest absolute Gasteiger partial charge is 0.0493 e. The summed E-state index contributed by atoms with van der Waals surface area (Å²) in [7, 11) is -0.217. The third-order valence-electron chi connectivity index (χ3n) is 2.50. The lowest BCUT2D eigenvalue weighted by molar-refractivity contribution is 1.04. The monoisotopic (exact) mass is 211 g/mol. The molecular weight excluding hydrogens is 196 g/mol. The van der Waals surface area contributed by atoms with Crippen molar-refractivity contribution in [1.29, 1.82) is 0 Å². The van der Waals surface area contributed by atoms with Crippen molar-refractivity contribution >= 4 is 20.4 Å². The van der Waals surface area contributed by atoms with Gasteiger partial charge in [-0.2, -0.15) is 0 Å². The average Bonchev–Trinajstić information content (AvgIpc) is 2.17. The predicted octanol–water partition coefficient (Wildman–Crippen LogP) is 3.82. The van der Waals surface area contributed by atoms with Crippen LogP contribution in [0.15, 0.2) is 24.3 Å². The van der Waals surface area contributed by atoms with E-state index in [-0.39, 0.29) is 8.80 Å². The first-order valence-electron chi connectivity index (χ1n) is 4.60. The highest BCUT2D eigenvalue weighted by Crippen LogP contribution is 2.19. The Morgan fingerprint density at radius 1 is 1.23 bits per heavy atom. The molecule has 71 valence electrons. The van der Waals surface area contributed by atoms with Gasteiger partial charge in [0.2, 0.25) is 0 Å². The Labute approximate surface area is 87.5 Å². The third-order valence-corrected chi connectivity index (χ3v) is 4.87. The summed E-state index contributed by atoms with van der Waals surface area (Å²) >= 11 is 5.73. The topological polar surface area (TPSA) is 0 Å². The molecule has 13 heavy (non-hydrogen) atoms. The van der Waals surface area contributed by atoms with E-state index in [1.165, 1.54) is 11.1 Å². The number of benzene rings is 1. The Hall–Kier alpha value is -0.273. The van der Waals surface area contributed by atoms with Crippen molar-refractivity contribution < 1.29 is 0 Å². The molecule has 1 atom stereocenters. The molecule has 0 aliphatic carbocycles. The van der Waals surface area contributed by atoms with Crippen LogP contribution in [-0.4, -0.2) is 8.80 Å². The Balaban J connectivity index is 2.79. The highest BCUT2D eigenvalue weighted by Gasteiger charge is 2.10. The van der Waals surface area contributed by atoms with Crippen LogP contribution in [0.1, 0.15) is 23.6 Å². The second-order valence-electron chi connectivity index (χ2n) is 3.67. The van der Waals surface area contributed by atoms with Gasteiger partial charge in [-0.15, -0.1) is 11.6 Å². The Morgan fingerprint density at radius 3 is 2.15 bits per heavy atom. The molecule has 0 aromatic heterocycles. The van der Waals surface area contributed by atoms with Crippen molar-refractivity contribution in [1.82, 2.24) is 0 Å². The molecule has 0 saturated carbocycles. The standard InChI is InChI=1S/C11H16ClSi/c1-9(13(2)3)11-6-4-10(8-12)5-7-11/h4-7,9H,8H2,1-3H3. The van der Waals surface area contributed by atoms with Crippen molar-refractivity contribution in [2.24, 2.45) is 0 Å². The number of alkyl halides is 1. The van der Waals surface area contributed by atoms with E-state index in [4.69, 9.17) is 11.6 Å². The van der Waals surface area contributed by atoms with Gasteiger partial charge in [0.05, 0.1) is 0 Å². The lowest BCUT2D eigenvalue weighted by atomic mass is 10.1. The maximum Gasteiger partial charge on any atom is 0.0493 e. The first kappa shape index (κ1) is 10.8. The van der Waals surface area contributed by atoms with Gasteiger partial charge in [-0.05, 0) is 16.7 Å². The van der Waals surface area contributed by atoms with Gasteiger partial charge in [0, 0.05) is 14.7 Å². The zero-order valence-electron chi connectivity index (χ0n) is 8.47. The van der Waals surface area contributed by atoms with Gasteiger partial charge in [-0.1, -0.05) is 44.3 Å². The number of halogens is 1. The van der Waals surface area contributed by atoms with Gasteiger partial charge < -0.3 is 0 Å². The predicted molar refractivity (Wildman–Crippen MR) is 61.9 cm³/mol. The minimum absolute atomic E-state index is 0.217. The van der Waals surface area contributed by atoms with Crippen LogP contribution in [0.4, 0.5) is 0 Å². The lowest BCUT2D eigenvalue weighted by Gasteiger charge is -2.14. The Bertz CT molecular complexity index is 253. The Kier molecular flexibility index (Phi) is 4.01. The molecule has 2 heteroatoms. The van der Waals surface area contributed by atoms with Gasteiger partial charge >= 0.3 is 0 Å². The maximum absolute atomic E-state index is 5.73. The fraction of sp³-hybridized carbons (Fsp3) is 0.455. The van der Waals surface area contributed by atoms with E-state index in [9.17, 15) is 0 Å². The lowest BCUT2D eigenvalue weighted by Crippen LogP contribution is -2.12. The SMILES string of the molecule is CC(c1ccc(CCl)cc1)[Si](C)C. The van der Waals surface area contributed by atoms with Crippen molar-refractivity contribution in [3.63, 3.8) is 0 Å². The molecule has 0 aliphatic rings. The molecule has 1 radical (unpaired) electrons. The molecule has 0 aliphatic heterocycles. The first-order valence-corrected chi connectivity index (χ1v) is 7.71. The normalized spacial score (nSPS) is 13.3. The molecule has 0 fully saturated rings. The number of hydrogen-bond acceptors (Lipinski definition) is 0. The van der Waals surface area contributed by atoms with Crippen molar-refractivity contribution in [2.75, 3.05) is 0 Å². The van der Waals surface area contributed by atoms with Crippen LogP contribution in [0.3, 0.4) is 0 Å². The van der Waals surface area contributed by atoms with Crippen LogP contribution in [0.5, 0.6) is 0 Å². The van der Waals surface area contributed by atoms with E-state index in [1.807, 2.05) is 0 Å². The molecule has 0 bridgehead atoms. The first-order chi connectivity index (χ1) is 6.15. The quantitative estimate of drug-likeness (QED) is 0.527. The number of hydrogen-bond donors (Lipinski definition) is 0. The van der Waals surface area contributed by atoms with E-state index >= 15 is 0 Å². The maximum atomic E-state index is 5.73. The van der Waals surface area contributed by atoms with Gasteiger partial charge in [-0.25, -0.2) is 0 Å². The summed E-state index contributed by atoms with van der Waals surface area (Å²) in [4.78, 5) is 0. The fourth-order valence-electron chi connectivity index (χ4n) is 1.23. The fourth-order valence-corrected chi connectivity index (χ4v) is 2.27. The van der Waals surface area contributed by atoms with Crippen molar-refractivity contribution in [3.05, 3.63) is 35.4 Å². The largest absolute Gasteiger partial charge is 0.122 e. The molecule has 1 rings (SSSR count). The van der Waals surface area contributed by atoms with Crippen LogP contribution in [0.25, 0.3) is 0 Å². The average molecular weight is 212 g/mol. The molecule has 1 aromatic carbocycles. The summed E-state index contributed by atoms with van der Waals surface area (Å²) in [6.07, 6.45) is 0.